The lowest BCUT2D eigenvalue weighted by molar-refractivity contribution is 0.445. The minimum absolute atomic E-state index is 0.142. The second kappa shape index (κ2) is 5.39. The van der Waals surface area contributed by atoms with Gasteiger partial charge in [0.25, 0.3) is 0 Å². The van der Waals surface area contributed by atoms with Gasteiger partial charge in [0.1, 0.15) is 5.82 Å². The summed E-state index contributed by atoms with van der Waals surface area (Å²) in [5, 5.41) is 3.91. The van der Waals surface area contributed by atoms with E-state index in [0.717, 1.165) is 23.5 Å². The highest BCUT2D eigenvalue weighted by Gasteiger charge is 2.27. The van der Waals surface area contributed by atoms with Crippen molar-refractivity contribution >= 4 is 23.4 Å². The number of hydrogen-bond donors (Lipinski definition) is 1. The molecule has 2 rings (SSSR count). The van der Waals surface area contributed by atoms with Gasteiger partial charge in [-0.05, 0) is 48.9 Å². The van der Waals surface area contributed by atoms with E-state index >= 15 is 0 Å². The molecule has 2 atom stereocenters. The molecule has 88 valence electrons. The summed E-state index contributed by atoms with van der Waals surface area (Å²) < 4.78 is 13.6. The van der Waals surface area contributed by atoms with Gasteiger partial charge in [-0.2, -0.15) is 11.8 Å². The Balaban J connectivity index is 2.11. The lowest BCUT2D eigenvalue weighted by Gasteiger charge is -2.18. The van der Waals surface area contributed by atoms with Crippen molar-refractivity contribution in [3.05, 3.63) is 34.6 Å². The molecule has 1 saturated heterocycles. The SMILES string of the molecule is CNC1CSCC1Cc1cc(Cl)ccc1F. The van der Waals surface area contributed by atoms with Crippen LogP contribution in [0.3, 0.4) is 0 Å². The Hall–Kier alpha value is -0.250. The summed E-state index contributed by atoms with van der Waals surface area (Å²) in [7, 11) is 1.97. The van der Waals surface area contributed by atoms with E-state index in [4.69, 9.17) is 11.6 Å². The van der Waals surface area contributed by atoms with Crippen LogP contribution in [0.2, 0.25) is 5.02 Å². The minimum Gasteiger partial charge on any atom is -0.316 e. The molecule has 1 aromatic rings. The van der Waals surface area contributed by atoms with Gasteiger partial charge < -0.3 is 5.32 Å². The number of benzene rings is 1. The van der Waals surface area contributed by atoms with Crippen LogP contribution in [-0.2, 0) is 6.42 Å². The van der Waals surface area contributed by atoms with Gasteiger partial charge in [-0.1, -0.05) is 11.6 Å². The molecule has 1 nitrogen and oxygen atoms in total. The summed E-state index contributed by atoms with van der Waals surface area (Å²) >= 11 is 7.81. The van der Waals surface area contributed by atoms with Crippen LogP contribution in [0.25, 0.3) is 0 Å². The van der Waals surface area contributed by atoms with E-state index in [2.05, 4.69) is 5.32 Å². The molecule has 1 aliphatic rings. The van der Waals surface area contributed by atoms with Gasteiger partial charge in [-0.15, -0.1) is 0 Å². The average molecular weight is 260 g/mol. The van der Waals surface area contributed by atoms with Gasteiger partial charge >= 0.3 is 0 Å². The smallest absolute Gasteiger partial charge is 0.126 e. The first-order valence-corrected chi connectivity index (χ1v) is 6.93. The first kappa shape index (κ1) is 12.2. The van der Waals surface area contributed by atoms with E-state index in [9.17, 15) is 4.39 Å². The molecule has 4 heteroatoms. The lowest BCUT2D eigenvalue weighted by Crippen LogP contribution is -2.33. The van der Waals surface area contributed by atoms with Crippen molar-refractivity contribution < 1.29 is 4.39 Å². The van der Waals surface area contributed by atoms with Gasteiger partial charge in [-0.3, -0.25) is 0 Å². The van der Waals surface area contributed by atoms with Crippen LogP contribution in [-0.4, -0.2) is 24.6 Å². The normalized spacial score (nSPS) is 24.9. The molecule has 1 N–H and O–H groups in total. The lowest BCUT2D eigenvalue weighted by atomic mass is 9.95. The molecular weight excluding hydrogens is 245 g/mol. The van der Waals surface area contributed by atoms with E-state index in [1.54, 1.807) is 12.1 Å². The number of thioether (sulfide) groups is 1. The Bertz CT molecular complexity index is 372. The van der Waals surface area contributed by atoms with Gasteiger partial charge in [0.15, 0.2) is 0 Å². The molecule has 2 unspecified atom stereocenters. The predicted octanol–water partition coefficient (Wildman–Crippen LogP) is 2.97. The standard InChI is InChI=1S/C12H15ClFNS/c1-15-12-7-16-6-9(12)4-8-5-10(13)2-3-11(8)14/h2-3,5,9,12,15H,4,6-7H2,1H3. The number of rotatable bonds is 3. The number of hydrogen-bond acceptors (Lipinski definition) is 2. The first-order chi connectivity index (χ1) is 7.70. The van der Waals surface area contributed by atoms with E-state index < -0.39 is 0 Å². The maximum absolute atomic E-state index is 13.6. The summed E-state index contributed by atoms with van der Waals surface area (Å²) in [6.45, 7) is 0. The van der Waals surface area contributed by atoms with Crippen molar-refractivity contribution in [2.45, 2.75) is 12.5 Å². The van der Waals surface area contributed by atoms with Crippen LogP contribution in [0.4, 0.5) is 4.39 Å². The summed E-state index contributed by atoms with van der Waals surface area (Å²) in [6, 6.07) is 5.28. The molecule has 0 aromatic heterocycles. The highest BCUT2D eigenvalue weighted by molar-refractivity contribution is 7.99. The quantitative estimate of drug-likeness (QED) is 0.896. The molecular formula is C12H15ClFNS. The molecule has 1 fully saturated rings. The number of nitrogens with one attached hydrogen (secondary N) is 1. The van der Waals surface area contributed by atoms with Gasteiger partial charge in [0.2, 0.25) is 0 Å². The second-order valence-electron chi connectivity index (χ2n) is 4.13. The van der Waals surface area contributed by atoms with Crippen LogP contribution in [0.5, 0.6) is 0 Å². The van der Waals surface area contributed by atoms with Crippen LogP contribution >= 0.6 is 23.4 Å². The Labute approximate surface area is 105 Å². The van der Waals surface area contributed by atoms with Crippen molar-refractivity contribution in [1.29, 1.82) is 0 Å². The molecule has 1 heterocycles. The van der Waals surface area contributed by atoms with Crippen LogP contribution in [0.1, 0.15) is 5.56 Å². The summed E-state index contributed by atoms with van der Waals surface area (Å²) in [6.07, 6.45) is 0.769. The largest absolute Gasteiger partial charge is 0.316 e. The predicted molar refractivity (Wildman–Crippen MR) is 68.8 cm³/mol. The van der Waals surface area contributed by atoms with E-state index in [-0.39, 0.29) is 5.82 Å². The zero-order chi connectivity index (χ0) is 11.5. The molecule has 0 amide bonds. The fourth-order valence-corrected chi connectivity index (χ4v) is 3.78. The maximum atomic E-state index is 13.6. The highest BCUT2D eigenvalue weighted by atomic mass is 35.5. The first-order valence-electron chi connectivity index (χ1n) is 5.39. The summed E-state index contributed by atoms with van der Waals surface area (Å²) in [5.41, 5.74) is 0.736. The van der Waals surface area contributed by atoms with Gasteiger partial charge in [0.05, 0.1) is 0 Å². The Morgan fingerprint density at radius 1 is 1.50 bits per heavy atom. The van der Waals surface area contributed by atoms with E-state index in [1.165, 1.54) is 6.07 Å². The average Bonchev–Trinajstić information content (AvgIpc) is 2.71. The molecule has 0 spiro atoms. The maximum Gasteiger partial charge on any atom is 0.126 e. The Kier molecular flexibility index (Phi) is 4.11. The molecule has 0 saturated carbocycles. The van der Waals surface area contributed by atoms with Crippen molar-refractivity contribution in [2.24, 2.45) is 5.92 Å². The topological polar surface area (TPSA) is 12.0 Å². The van der Waals surface area contributed by atoms with E-state index in [1.807, 2.05) is 18.8 Å². The van der Waals surface area contributed by atoms with Crippen LogP contribution < -0.4 is 5.32 Å². The third-order valence-electron chi connectivity index (χ3n) is 3.06. The molecule has 16 heavy (non-hydrogen) atoms. The molecule has 0 bridgehead atoms. The third-order valence-corrected chi connectivity index (χ3v) is 4.55. The highest BCUT2D eigenvalue weighted by Crippen LogP contribution is 2.28. The Morgan fingerprint density at radius 2 is 2.31 bits per heavy atom. The van der Waals surface area contributed by atoms with Crippen molar-refractivity contribution in [3.63, 3.8) is 0 Å². The van der Waals surface area contributed by atoms with Crippen molar-refractivity contribution in [3.8, 4) is 0 Å². The van der Waals surface area contributed by atoms with Crippen molar-refractivity contribution in [2.75, 3.05) is 18.6 Å². The monoisotopic (exact) mass is 259 g/mol. The third kappa shape index (κ3) is 2.70. The fourth-order valence-electron chi connectivity index (χ4n) is 2.10. The Morgan fingerprint density at radius 3 is 3.06 bits per heavy atom. The molecule has 0 aliphatic carbocycles. The minimum atomic E-state index is -0.142. The zero-order valence-corrected chi connectivity index (χ0v) is 10.7. The zero-order valence-electron chi connectivity index (χ0n) is 9.17. The number of halogens is 2. The van der Waals surface area contributed by atoms with Gasteiger partial charge in [-0.25, -0.2) is 4.39 Å². The van der Waals surface area contributed by atoms with Crippen LogP contribution in [0, 0.1) is 11.7 Å². The molecule has 1 aliphatic heterocycles. The van der Waals surface area contributed by atoms with Gasteiger partial charge in [0, 0.05) is 16.8 Å². The fraction of sp³-hybridized carbons (Fsp3) is 0.500. The van der Waals surface area contributed by atoms with Crippen LogP contribution in [0.15, 0.2) is 18.2 Å². The van der Waals surface area contributed by atoms with Crippen molar-refractivity contribution in [1.82, 2.24) is 5.32 Å². The second-order valence-corrected chi connectivity index (χ2v) is 5.64. The summed E-state index contributed by atoms with van der Waals surface area (Å²) in [4.78, 5) is 0. The summed E-state index contributed by atoms with van der Waals surface area (Å²) in [5.74, 6) is 2.57. The molecule has 0 radical (unpaired) electrons. The van der Waals surface area contributed by atoms with E-state index in [0.29, 0.717) is 17.0 Å². The molecule has 1 aromatic carbocycles.